The van der Waals surface area contributed by atoms with E-state index in [0.717, 1.165) is 23.8 Å². The van der Waals surface area contributed by atoms with Crippen LogP contribution in [0.1, 0.15) is 13.3 Å². The molecule has 2 atom stereocenters. The van der Waals surface area contributed by atoms with Crippen molar-refractivity contribution >= 4 is 32.0 Å². The zero-order chi connectivity index (χ0) is 13.5. The summed E-state index contributed by atoms with van der Waals surface area (Å²) in [5.41, 5.74) is -0.216. The van der Waals surface area contributed by atoms with Crippen LogP contribution in [0.5, 0.6) is 0 Å². The van der Waals surface area contributed by atoms with Crippen molar-refractivity contribution in [2.24, 2.45) is 5.92 Å². The first-order valence-corrected chi connectivity index (χ1v) is 7.63. The fraction of sp³-hybridized carbons (Fsp3) is 0.556. The number of thiophene rings is 1. The Labute approximate surface area is 108 Å². The summed E-state index contributed by atoms with van der Waals surface area (Å²) in [6.07, 6.45) is 0.811. The molecule has 0 aliphatic heterocycles. The van der Waals surface area contributed by atoms with E-state index in [2.05, 4.69) is 10.0 Å². The number of hydrogen-bond acceptors (Lipinski definition) is 6. The highest BCUT2D eigenvalue weighted by molar-refractivity contribution is 7.91. The summed E-state index contributed by atoms with van der Waals surface area (Å²) < 4.78 is 26.5. The predicted molar refractivity (Wildman–Crippen MR) is 68.4 cm³/mol. The quantitative estimate of drug-likeness (QED) is 0.630. The van der Waals surface area contributed by atoms with Crippen molar-refractivity contribution < 1.29 is 13.3 Å². The van der Waals surface area contributed by atoms with E-state index in [1.54, 1.807) is 0 Å². The molecule has 0 aromatic carbocycles. The predicted octanol–water partition coefficient (Wildman–Crippen LogP) is 1.38. The topological polar surface area (TPSA) is 101 Å². The fourth-order valence-electron chi connectivity index (χ4n) is 1.55. The third-order valence-corrected chi connectivity index (χ3v) is 5.90. The summed E-state index contributed by atoms with van der Waals surface area (Å²) >= 11 is 0.863. The first-order valence-electron chi connectivity index (χ1n) is 5.33. The second kappa shape index (κ2) is 4.48. The maximum Gasteiger partial charge on any atom is 0.304 e. The Balaban J connectivity index is 2.30. The van der Waals surface area contributed by atoms with Gasteiger partial charge in [0.15, 0.2) is 5.00 Å². The molecule has 0 spiro atoms. The molecule has 1 saturated carbocycles. The third-order valence-electron chi connectivity index (χ3n) is 2.79. The molecular formula is C9H13N3O4S2. The first-order chi connectivity index (χ1) is 8.35. The molecule has 0 radical (unpaired) electrons. The van der Waals surface area contributed by atoms with Gasteiger partial charge in [0.1, 0.15) is 4.21 Å². The van der Waals surface area contributed by atoms with Crippen molar-refractivity contribution in [3.8, 4) is 0 Å². The summed E-state index contributed by atoms with van der Waals surface area (Å²) in [5, 5.41) is 13.6. The monoisotopic (exact) mass is 291 g/mol. The van der Waals surface area contributed by atoms with Crippen LogP contribution in [-0.2, 0) is 10.0 Å². The van der Waals surface area contributed by atoms with Gasteiger partial charge in [0.25, 0.3) is 10.0 Å². The Bertz CT molecular complexity index is 581. The van der Waals surface area contributed by atoms with Gasteiger partial charge in [-0.2, -0.15) is 0 Å². The maximum atomic E-state index is 12.0. The number of hydrogen-bond donors (Lipinski definition) is 2. The van der Waals surface area contributed by atoms with Crippen LogP contribution in [0.25, 0.3) is 0 Å². The molecule has 2 unspecified atom stereocenters. The molecule has 1 aliphatic carbocycles. The number of sulfonamides is 1. The van der Waals surface area contributed by atoms with Crippen LogP contribution in [0.3, 0.4) is 0 Å². The molecule has 7 nitrogen and oxygen atoms in total. The van der Waals surface area contributed by atoms with Crippen LogP contribution in [0.2, 0.25) is 0 Å². The van der Waals surface area contributed by atoms with E-state index in [1.165, 1.54) is 7.05 Å². The van der Waals surface area contributed by atoms with E-state index < -0.39 is 14.9 Å². The summed E-state index contributed by atoms with van der Waals surface area (Å²) in [5.74, 6) is 0.332. The van der Waals surface area contributed by atoms with Gasteiger partial charge in [-0.25, -0.2) is 13.1 Å². The molecule has 0 amide bonds. The van der Waals surface area contributed by atoms with Gasteiger partial charge in [-0.3, -0.25) is 10.1 Å². The lowest BCUT2D eigenvalue weighted by Gasteiger charge is -2.01. The molecule has 1 aliphatic rings. The molecular weight excluding hydrogens is 278 g/mol. The number of nitrogens with zero attached hydrogens (tertiary/aromatic N) is 1. The average molecular weight is 291 g/mol. The van der Waals surface area contributed by atoms with Crippen LogP contribution in [-0.4, -0.2) is 26.4 Å². The van der Waals surface area contributed by atoms with Gasteiger partial charge in [-0.1, -0.05) is 18.3 Å². The van der Waals surface area contributed by atoms with Crippen LogP contribution in [0.15, 0.2) is 10.3 Å². The maximum absolute atomic E-state index is 12.0. The van der Waals surface area contributed by atoms with E-state index in [0.29, 0.717) is 5.92 Å². The molecule has 2 N–H and O–H groups in total. The average Bonchev–Trinajstić information content (AvgIpc) is 2.83. The molecule has 0 saturated heterocycles. The van der Waals surface area contributed by atoms with Crippen molar-refractivity contribution in [3.05, 3.63) is 16.2 Å². The highest BCUT2D eigenvalue weighted by Gasteiger charge is 2.37. The second-order valence-corrected chi connectivity index (χ2v) is 7.22. The van der Waals surface area contributed by atoms with Crippen molar-refractivity contribution in [1.29, 1.82) is 0 Å². The zero-order valence-corrected chi connectivity index (χ0v) is 11.5. The normalized spacial score (nSPS) is 22.8. The van der Waals surface area contributed by atoms with E-state index in [1.807, 2.05) is 6.92 Å². The van der Waals surface area contributed by atoms with Gasteiger partial charge in [0.05, 0.1) is 4.92 Å². The van der Waals surface area contributed by atoms with Crippen molar-refractivity contribution in [3.63, 3.8) is 0 Å². The Morgan fingerprint density at radius 1 is 1.56 bits per heavy atom. The van der Waals surface area contributed by atoms with E-state index >= 15 is 0 Å². The Morgan fingerprint density at radius 3 is 2.56 bits per heavy atom. The Kier molecular flexibility index (Phi) is 3.30. The second-order valence-electron chi connectivity index (χ2n) is 4.23. The minimum atomic E-state index is -3.65. The molecule has 1 fully saturated rings. The zero-order valence-electron chi connectivity index (χ0n) is 9.84. The highest BCUT2D eigenvalue weighted by Crippen LogP contribution is 2.38. The van der Waals surface area contributed by atoms with Crippen molar-refractivity contribution in [2.75, 3.05) is 12.4 Å². The van der Waals surface area contributed by atoms with Gasteiger partial charge in [0.2, 0.25) is 0 Å². The minimum absolute atomic E-state index is 0.0300. The van der Waals surface area contributed by atoms with Crippen LogP contribution in [0, 0.1) is 16.0 Å². The summed E-state index contributed by atoms with van der Waals surface area (Å²) in [7, 11) is -2.13. The van der Waals surface area contributed by atoms with Crippen LogP contribution < -0.4 is 10.0 Å². The Morgan fingerprint density at radius 2 is 2.17 bits per heavy atom. The lowest BCUT2D eigenvalue weighted by Crippen LogP contribution is -2.26. The fourth-order valence-corrected chi connectivity index (χ4v) is 4.21. The molecule has 18 heavy (non-hydrogen) atoms. The van der Waals surface area contributed by atoms with E-state index in [9.17, 15) is 18.5 Å². The third kappa shape index (κ3) is 2.47. The summed E-state index contributed by atoms with van der Waals surface area (Å²) in [4.78, 5) is 10.2. The standard InChI is InChI=1S/C9H13N3O4S2/c1-5-3-6(5)11-18(15,16)8-4-7(12(13)14)9(10-2)17-8/h4-6,10-11H,3H2,1-2H3. The van der Waals surface area contributed by atoms with Gasteiger partial charge in [0, 0.05) is 19.2 Å². The van der Waals surface area contributed by atoms with Gasteiger partial charge >= 0.3 is 5.69 Å². The molecule has 1 aromatic rings. The van der Waals surface area contributed by atoms with Crippen molar-refractivity contribution in [2.45, 2.75) is 23.6 Å². The van der Waals surface area contributed by atoms with Gasteiger partial charge in [-0.15, -0.1) is 0 Å². The Hall–Kier alpha value is -1.19. The lowest BCUT2D eigenvalue weighted by atomic mass is 10.5. The SMILES string of the molecule is CNc1sc(S(=O)(=O)NC2CC2C)cc1[N+](=O)[O-]. The summed E-state index contributed by atoms with van der Waals surface area (Å²) in [6, 6.07) is 1.04. The van der Waals surface area contributed by atoms with E-state index in [-0.39, 0.29) is 20.9 Å². The summed E-state index contributed by atoms with van der Waals surface area (Å²) in [6.45, 7) is 1.95. The van der Waals surface area contributed by atoms with Gasteiger partial charge < -0.3 is 5.32 Å². The molecule has 9 heteroatoms. The van der Waals surface area contributed by atoms with Gasteiger partial charge in [-0.05, 0) is 12.3 Å². The molecule has 100 valence electrons. The molecule has 1 heterocycles. The number of nitro groups is 1. The molecule has 1 aromatic heterocycles. The minimum Gasteiger partial charge on any atom is -0.374 e. The van der Waals surface area contributed by atoms with Crippen LogP contribution >= 0.6 is 11.3 Å². The van der Waals surface area contributed by atoms with Crippen LogP contribution in [0.4, 0.5) is 10.7 Å². The first kappa shape index (κ1) is 13.2. The molecule has 0 bridgehead atoms. The molecule has 2 rings (SSSR count). The number of nitrogens with one attached hydrogen (secondary N) is 2. The number of rotatable bonds is 5. The number of anilines is 1. The van der Waals surface area contributed by atoms with Crippen molar-refractivity contribution in [1.82, 2.24) is 4.72 Å². The van der Waals surface area contributed by atoms with E-state index in [4.69, 9.17) is 0 Å². The largest absolute Gasteiger partial charge is 0.374 e. The highest BCUT2D eigenvalue weighted by atomic mass is 32.2. The lowest BCUT2D eigenvalue weighted by molar-refractivity contribution is -0.383. The smallest absolute Gasteiger partial charge is 0.304 e.